The number of aryl methyl sites for hydroxylation is 1. The van der Waals surface area contributed by atoms with Gasteiger partial charge >= 0.3 is 0 Å². The molecule has 0 atom stereocenters. The highest BCUT2D eigenvalue weighted by Crippen LogP contribution is 2.36. The van der Waals surface area contributed by atoms with E-state index >= 15 is 0 Å². The van der Waals surface area contributed by atoms with Crippen molar-refractivity contribution in [3.05, 3.63) is 46.9 Å². The molecule has 0 N–H and O–H groups in total. The molecule has 6 heteroatoms. The molecule has 4 rings (SSSR count). The molecule has 1 aliphatic heterocycles. The predicted molar refractivity (Wildman–Crippen MR) is 81.0 cm³/mol. The van der Waals surface area contributed by atoms with E-state index in [1.807, 2.05) is 25.1 Å². The van der Waals surface area contributed by atoms with Crippen molar-refractivity contribution >= 4 is 10.9 Å². The van der Waals surface area contributed by atoms with Crippen LogP contribution in [0.15, 0.2) is 41.3 Å². The Hall–Kier alpha value is -2.89. The molecular formula is C16H13N3O3. The zero-order chi connectivity index (χ0) is 15.1. The van der Waals surface area contributed by atoms with Gasteiger partial charge in [0.1, 0.15) is 11.2 Å². The van der Waals surface area contributed by atoms with E-state index < -0.39 is 0 Å². The SMILES string of the molecule is CCn1nc(-c2ccc3c(c2)OCO3)c2ncccc2c1=O. The van der Waals surface area contributed by atoms with Crippen molar-refractivity contribution in [3.8, 4) is 22.8 Å². The molecule has 110 valence electrons. The molecule has 0 saturated heterocycles. The first-order valence-electron chi connectivity index (χ1n) is 7.04. The summed E-state index contributed by atoms with van der Waals surface area (Å²) in [7, 11) is 0. The summed E-state index contributed by atoms with van der Waals surface area (Å²) < 4.78 is 12.2. The highest BCUT2D eigenvalue weighted by molar-refractivity contribution is 5.90. The number of hydrogen-bond acceptors (Lipinski definition) is 5. The normalized spacial score (nSPS) is 12.8. The minimum absolute atomic E-state index is 0.130. The van der Waals surface area contributed by atoms with Crippen LogP contribution in [0.4, 0.5) is 0 Å². The number of pyridine rings is 1. The van der Waals surface area contributed by atoms with E-state index in [-0.39, 0.29) is 12.4 Å². The van der Waals surface area contributed by atoms with E-state index in [0.29, 0.717) is 34.6 Å². The Morgan fingerprint density at radius 3 is 2.95 bits per heavy atom. The van der Waals surface area contributed by atoms with Crippen LogP contribution in [0.25, 0.3) is 22.2 Å². The molecule has 1 aliphatic rings. The van der Waals surface area contributed by atoms with Crippen LogP contribution >= 0.6 is 0 Å². The fraction of sp³-hybridized carbons (Fsp3) is 0.188. The third-order valence-electron chi connectivity index (χ3n) is 3.66. The number of benzene rings is 1. The molecular weight excluding hydrogens is 282 g/mol. The Bertz CT molecular complexity index is 934. The number of aromatic nitrogens is 3. The maximum Gasteiger partial charge on any atom is 0.276 e. The van der Waals surface area contributed by atoms with Gasteiger partial charge in [-0.05, 0) is 37.3 Å². The molecule has 0 saturated carbocycles. The number of hydrogen-bond donors (Lipinski definition) is 0. The highest BCUT2D eigenvalue weighted by Gasteiger charge is 2.17. The monoisotopic (exact) mass is 295 g/mol. The molecule has 0 unspecified atom stereocenters. The van der Waals surface area contributed by atoms with Crippen molar-refractivity contribution in [3.63, 3.8) is 0 Å². The molecule has 1 aromatic carbocycles. The first kappa shape index (κ1) is 12.8. The van der Waals surface area contributed by atoms with Gasteiger partial charge in [-0.25, -0.2) is 4.68 Å². The lowest BCUT2D eigenvalue weighted by Crippen LogP contribution is -2.23. The average Bonchev–Trinajstić information content (AvgIpc) is 3.03. The van der Waals surface area contributed by atoms with Crippen LogP contribution < -0.4 is 15.0 Å². The van der Waals surface area contributed by atoms with Crippen molar-refractivity contribution in [2.45, 2.75) is 13.5 Å². The lowest BCUT2D eigenvalue weighted by Gasteiger charge is -2.09. The van der Waals surface area contributed by atoms with Crippen LogP contribution in [0.3, 0.4) is 0 Å². The topological polar surface area (TPSA) is 66.2 Å². The minimum Gasteiger partial charge on any atom is -0.454 e. The van der Waals surface area contributed by atoms with Gasteiger partial charge in [0, 0.05) is 18.3 Å². The van der Waals surface area contributed by atoms with Gasteiger partial charge in [0.05, 0.1) is 5.39 Å². The minimum atomic E-state index is -0.130. The summed E-state index contributed by atoms with van der Waals surface area (Å²) in [5.41, 5.74) is 1.97. The first-order chi connectivity index (χ1) is 10.8. The van der Waals surface area contributed by atoms with Gasteiger partial charge in [-0.2, -0.15) is 5.10 Å². The molecule has 3 heterocycles. The van der Waals surface area contributed by atoms with Crippen molar-refractivity contribution in [2.24, 2.45) is 0 Å². The Morgan fingerprint density at radius 1 is 1.23 bits per heavy atom. The summed E-state index contributed by atoms with van der Waals surface area (Å²) in [4.78, 5) is 16.7. The van der Waals surface area contributed by atoms with E-state index in [0.717, 1.165) is 5.56 Å². The maximum absolute atomic E-state index is 12.3. The molecule has 0 aliphatic carbocycles. The Morgan fingerprint density at radius 2 is 2.09 bits per heavy atom. The summed E-state index contributed by atoms with van der Waals surface area (Å²) in [6.45, 7) is 2.61. The van der Waals surface area contributed by atoms with Gasteiger partial charge in [-0.15, -0.1) is 0 Å². The van der Waals surface area contributed by atoms with Crippen LogP contribution in [0.5, 0.6) is 11.5 Å². The molecule has 6 nitrogen and oxygen atoms in total. The van der Waals surface area contributed by atoms with Crippen LogP contribution in [0.1, 0.15) is 6.92 Å². The zero-order valence-electron chi connectivity index (χ0n) is 11.9. The van der Waals surface area contributed by atoms with E-state index in [4.69, 9.17) is 9.47 Å². The smallest absolute Gasteiger partial charge is 0.276 e. The van der Waals surface area contributed by atoms with E-state index in [9.17, 15) is 4.79 Å². The molecule has 0 radical (unpaired) electrons. The molecule has 2 aromatic heterocycles. The standard InChI is InChI=1S/C16H13N3O3/c1-2-19-16(20)11-4-3-7-17-15(11)14(18-19)10-5-6-12-13(8-10)22-9-21-12/h3-8H,2,9H2,1H3. The van der Waals surface area contributed by atoms with Crippen molar-refractivity contribution < 1.29 is 9.47 Å². The highest BCUT2D eigenvalue weighted by atomic mass is 16.7. The predicted octanol–water partition coefficient (Wildman–Crippen LogP) is 2.21. The Kier molecular flexibility index (Phi) is 2.82. The molecule has 22 heavy (non-hydrogen) atoms. The summed E-state index contributed by atoms with van der Waals surface area (Å²) >= 11 is 0. The lowest BCUT2D eigenvalue weighted by atomic mass is 10.1. The lowest BCUT2D eigenvalue weighted by molar-refractivity contribution is 0.174. The number of rotatable bonds is 2. The second-order valence-electron chi connectivity index (χ2n) is 4.94. The second kappa shape index (κ2) is 4.84. The summed E-state index contributed by atoms with van der Waals surface area (Å²) in [6.07, 6.45) is 1.66. The fourth-order valence-corrected chi connectivity index (χ4v) is 2.57. The summed E-state index contributed by atoms with van der Waals surface area (Å²) in [5, 5.41) is 5.02. The third kappa shape index (κ3) is 1.84. The third-order valence-corrected chi connectivity index (χ3v) is 3.66. The van der Waals surface area contributed by atoms with Crippen LogP contribution in [0, 0.1) is 0 Å². The van der Waals surface area contributed by atoms with E-state index in [1.165, 1.54) is 4.68 Å². The van der Waals surface area contributed by atoms with Gasteiger partial charge in [0.2, 0.25) is 6.79 Å². The van der Waals surface area contributed by atoms with Crippen molar-refractivity contribution in [2.75, 3.05) is 6.79 Å². The quantitative estimate of drug-likeness (QED) is 0.725. The van der Waals surface area contributed by atoms with E-state index in [1.54, 1.807) is 18.3 Å². The number of ether oxygens (including phenoxy) is 2. The molecule has 3 aromatic rings. The summed E-state index contributed by atoms with van der Waals surface area (Å²) in [5.74, 6) is 1.39. The Labute approximate surface area is 125 Å². The summed E-state index contributed by atoms with van der Waals surface area (Å²) in [6, 6.07) is 9.13. The van der Waals surface area contributed by atoms with Crippen LogP contribution in [-0.4, -0.2) is 21.6 Å². The maximum atomic E-state index is 12.3. The molecule has 0 fully saturated rings. The number of fused-ring (bicyclic) bond motifs is 2. The first-order valence-corrected chi connectivity index (χ1v) is 7.04. The van der Waals surface area contributed by atoms with Gasteiger partial charge in [-0.1, -0.05) is 0 Å². The van der Waals surface area contributed by atoms with Gasteiger partial charge < -0.3 is 9.47 Å². The number of nitrogens with zero attached hydrogens (tertiary/aromatic N) is 3. The second-order valence-corrected chi connectivity index (χ2v) is 4.94. The van der Waals surface area contributed by atoms with Crippen LogP contribution in [-0.2, 0) is 6.54 Å². The van der Waals surface area contributed by atoms with Gasteiger partial charge in [0.15, 0.2) is 11.5 Å². The van der Waals surface area contributed by atoms with Crippen LogP contribution in [0.2, 0.25) is 0 Å². The van der Waals surface area contributed by atoms with Gasteiger partial charge in [-0.3, -0.25) is 9.78 Å². The zero-order valence-corrected chi connectivity index (χ0v) is 11.9. The van der Waals surface area contributed by atoms with Crippen molar-refractivity contribution in [1.82, 2.24) is 14.8 Å². The molecule has 0 spiro atoms. The molecule has 0 bridgehead atoms. The largest absolute Gasteiger partial charge is 0.454 e. The molecule has 0 amide bonds. The Balaban J connectivity index is 2.02. The van der Waals surface area contributed by atoms with Crippen molar-refractivity contribution in [1.29, 1.82) is 0 Å². The fourth-order valence-electron chi connectivity index (χ4n) is 2.57. The average molecular weight is 295 g/mol. The van der Waals surface area contributed by atoms with E-state index in [2.05, 4.69) is 10.1 Å². The van der Waals surface area contributed by atoms with Gasteiger partial charge in [0.25, 0.3) is 5.56 Å².